The second-order valence-corrected chi connectivity index (χ2v) is 11.3. The van der Waals surface area contributed by atoms with Gasteiger partial charge in [-0.3, -0.25) is 0 Å². The van der Waals surface area contributed by atoms with Gasteiger partial charge in [0.25, 0.3) is 0 Å². The van der Waals surface area contributed by atoms with Gasteiger partial charge in [-0.15, -0.1) is 0 Å². The molecule has 0 bridgehead atoms. The van der Waals surface area contributed by atoms with Gasteiger partial charge in [-0.1, -0.05) is 0 Å². The van der Waals surface area contributed by atoms with Crippen LogP contribution >= 0.6 is 0 Å². The summed E-state index contributed by atoms with van der Waals surface area (Å²) >= 11 is 0. The molecule has 0 atom stereocenters. The number of hydrogen-bond acceptors (Lipinski definition) is 4. The maximum absolute atomic E-state index is 12.2. The Morgan fingerprint density at radius 1 is 0.722 bits per heavy atom. The molecule has 18 heavy (non-hydrogen) atoms. The van der Waals surface area contributed by atoms with Gasteiger partial charge in [0.15, 0.2) is 0 Å². The fourth-order valence-electron chi connectivity index (χ4n) is 1.62. The van der Waals surface area contributed by atoms with E-state index in [1.54, 1.807) is 0 Å². The topological polar surface area (TPSA) is 87.6 Å². The van der Waals surface area contributed by atoms with E-state index in [2.05, 4.69) is 0 Å². The van der Waals surface area contributed by atoms with Gasteiger partial charge < -0.3 is 27.9 Å². The van der Waals surface area contributed by atoms with Crippen molar-refractivity contribution in [1.29, 1.82) is 0 Å². The lowest BCUT2D eigenvalue weighted by atomic mass is 10.9. The van der Waals surface area contributed by atoms with Crippen LogP contribution in [0.5, 0.6) is 0 Å². The number of hydrogen-bond donors (Lipinski definition) is 2. The Morgan fingerprint density at radius 3 is 1.06 bits per heavy atom. The van der Waals surface area contributed by atoms with E-state index < -0.39 is 29.3 Å². The molecule has 1 fully saturated rings. The largest absolute Gasteiger partial charge is 0.420 e. The number of nitrogens with zero attached hydrogens (tertiary/aromatic N) is 4. The molecule has 1 rings (SSSR count). The van der Waals surface area contributed by atoms with E-state index in [4.69, 9.17) is 0 Å². The Bertz CT molecular complexity index is 325. The minimum Gasteiger partial charge on any atom is -0.399 e. The third-order valence-corrected chi connectivity index (χ3v) is 9.54. The molecule has 1 heterocycles. The average Bonchev–Trinajstić information content (AvgIpc) is 2.31. The van der Waals surface area contributed by atoms with Gasteiger partial charge in [0.05, 0.1) is 0 Å². The number of carbonyl (C=O) groups excluding carboxylic acids is 2. The summed E-state index contributed by atoms with van der Waals surface area (Å²) in [4.78, 5) is 45.1. The van der Waals surface area contributed by atoms with Gasteiger partial charge >= 0.3 is 29.3 Å². The zero-order valence-corrected chi connectivity index (χ0v) is 13.5. The Kier molecular flexibility index (Phi) is 3.51. The maximum Gasteiger partial charge on any atom is 0.420 e. The first-order valence-corrected chi connectivity index (χ1v) is 10.1. The van der Waals surface area contributed by atoms with E-state index in [9.17, 15) is 19.2 Å². The molecule has 1 aliphatic rings. The van der Waals surface area contributed by atoms with Crippen molar-refractivity contribution in [2.45, 2.75) is 13.1 Å². The summed E-state index contributed by atoms with van der Waals surface area (Å²) in [7, 11) is -0.973. The Morgan fingerprint density at radius 2 is 0.889 bits per heavy atom. The molecule has 2 N–H and O–H groups in total. The van der Waals surface area contributed by atoms with E-state index in [0.717, 1.165) is 18.3 Å². The van der Waals surface area contributed by atoms with E-state index in [1.165, 1.54) is 41.3 Å². The van der Waals surface area contributed by atoms with Crippen LogP contribution in [0.15, 0.2) is 0 Å². The van der Waals surface area contributed by atoms with Crippen molar-refractivity contribution in [3.63, 3.8) is 0 Å². The summed E-state index contributed by atoms with van der Waals surface area (Å²) in [5.74, 6) is 0. The molecule has 1 aliphatic heterocycles. The molecule has 0 aliphatic carbocycles. The molecule has 0 saturated carbocycles. The Hall–Kier alpha value is -1.11. The van der Waals surface area contributed by atoms with Gasteiger partial charge in [-0.25, -0.2) is 9.59 Å². The predicted molar refractivity (Wildman–Crippen MR) is 69.5 cm³/mol. The summed E-state index contributed by atoms with van der Waals surface area (Å²) in [6, 6.07) is -0.982. The molecule has 0 aromatic heterocycles. The summed E-state index contributed by atoms with van der Waals surface area (Å²) < 4.78 is 4.61. The lowest BCUT2D eigenvalue weighted by Gasteiger charge is -2.48. The second kappa shape index (κ2) is 4.22. The highest BCUT2D eigenvalue weighted by atomic mass is 28.4. The van der Waals surface area contributed by atoms with E-state index in [0.29, 0.717) is 0 Å². The first-order valence-electron chi connectivity index (χ1n) is 5.43. The van der Waals surface area contributed by atoms with Crippen LogP contribution < -0.4 is 0 Å². The fraction of sp³-hybridized carbons (Fsp3) is 0.750. The molecule has 0 aromatic rings. The van der Waals surface area contributed by atoms with E-state index in [1.807, 2.05) is 0 Å². The summed E-state index contributed by atoms with van der Waals surface area (Å²) in [5.41, 5.74) is 0. The molecular weight excluding hydrogens is 272 g/mol. The van der Waals surface area contributed by atoms with Gasteiger partial charge in [0, 0.05) is 28.2 Å². The van der Waals surface area contributed by atoms with Crippen molar-refractivity contribution in [3.05, 3.63) is 0 Å². The quantitative estimate of drug-likeness (QED) is 0.566. The molecule has 1 saturated heterocycles. The Labute approximate surface area is 109 Å². The van der Waals surface area contributed by atoms with Crippen LogP contribution in [0.1, 0.15) is 0 Å². The average molecular weight is 292 g/mol. The van der Waals surface area contributed by atoms with Crippen molar-refractivity contribution in [1.82, 2.24) is 18.3 Å². The fourth-order valence-corrected chi connectivity index (χ4v) is 4.77. The number of carbonyl (C=O) groups is 2. The lowest BCUT2D eigenvalue weighted by molar-refractivity contribution is 0.163. The van der Waals surface area contributed by atoms with Gasteiger partial charge in [-0.05, 0) is 13.1 Å². The van der Waals surface area contributed by atoms with Crippen molar-refractivity contribution in [2.24, 2.45) is 0 Å². The molecule has 0 spiro atoms. The van der Waals surface area contributed by atoms with Gasteiger partial charge in [-0.2, -0.15) is 0 Å². The van der Waals surface area contributed by atoms with E-state index >= 15 is 0 Å². The first kappa shape index (κ1) is 15.0. The first-order chi connectivity index (χ1) is 7.95. The van der Waals surface area contributed by atoms with Crippen molar-refractivity contribution < 1.29 is 19.2 Å². The maximum atomic E-state index is 12.2. The molecule has 0 aromatic carbocycles. The SMILES string of the molecule is CN1C(=O)N(C)[Si](C)(O)N(C)C(=O)N(C)[Si]1(C)O. The predicted octanol–water partition coefficient (Wildman–Crippen LogP) is -0.911. The number of amides is 4. The molecule has 10 heteroatoms. The monoisotopic (exact) mass is 292 g/mol. The summed E-state index contributed by atoms with van der Waals surface area (Å²) in [5, 5.41) is 0. The van der Waals surface area contributed by atoms with Gasteiger partial charge in [0.1, 0.15) is 0 Å². The highest BCUT2D eigenvalue weighted by molar-refractivity contribution is 6.75. The molecule has 104 valence electrons. The number of rotatable bonds is 0. The Balaban J connectivity index is 3.34. The number of urea groups is 2. The molecular formula is C8H20N4O4Si2. The van der Waals surface area contributed by atoms with E-state index in [-0.39, 0.29) is 0 Å². The smallest absolute Gasteiger partial charge is 0.399 e. The molecule has 4 amide bonds. The van der Waals surface area contributed by atoms with Crippen molar-refractivity contribution in [3.8, 4) is 0 Å². The molecule has 8 nitrogen and oxygen atoms in total. The summed E-state index contributed by atoms with van der Waals surface area (Å²) in [6.07, 6.45) is 0. The minimum atomic E-state index is -3.36. The third-order valence-electron chi connectivity index (χ3n) is 3.69. The molecule has 0 radical (unpaired) electrons. The van der Waals surface area contributed by atoms with Crippen molar-refractivity contribution >= 4 is 29.3 Å². The highest BCUT2D eigenvalue weighted by Gasteiger charge is 2.54. The zero-order chi connectivity index (χ0) is 14.5. The highest BCUT2D eigenvalue weighted by Crippen LogP contribution is 2.21. The normalized spacial score (nSPS) is 34.9. The van der Waals surface area contributed by atoms with Crippen LogP contribution in [0, 0.1) is 0 Å². The minimum absolute atomic E-state index is 0.491. The van der Waals surface area contributed by atoms with Crippen LogP contribution in [0.25, 0.3) is 0 Å². The van der Waals surface area contributed by atoms with Crippen molar-refractivity contribution in [2.75, 3.05) is 28.2 Å². The lowest BCUT2D eigenvalue weighted by Crippen LogP contribution is -2.77. The second-order valence-electron chi connectivity index (χ2n) is 4.74. The van der Waals surface area contributed by atoms with Crippen LogP contribution in [-0.2, 0) is 0 Å². The summed E-state index contributed by atoms with van der Waals surface area (Å²) in [6.45, 7) is 2.96. The third kappa shape index (κ3) is 1.90. The van der Waals surface area contributed by atoms with Crippen LogP contribution in [0.4, 0.5) is 9.59 Å². The van der Waals surface area contributed by atoms with Crippen LogP contribution in [-0.4, -0.2) is 85.4 Å². The molecule has 0 unspecified atom stereocenters. The zero-order valence-electron chi connectivity index (χ0n) is 11.5. The van der Waals surface area contributed by atoms with Crippen LogP contribution in [0.2, 0.25) is 13.1 Å². The van der Waals surface area contributed by atoms with Crippen LogP contribution in [0.3, 0.4) is 0 Å². The standard InChI is InChI=1S/C8H20N4O4Si2/c1-9-7(13)10(2)18(6,16)12(4)8(14)11(3)17(9,5)15/h15-16H,1-6H3. The van der Waals surface area contributed by atoms with Gasteiger partial charge in [0.2, 0.25) is 0 Å².